The second-order valence-electron chi connectivity index (χ2n) is 5.44. The van der Waals surface area contributed by atoms with Gasteiger partial charge in [0.25, 0.3) is 0 Å². The lowest BCUT2D eigenvalue weighted by atomic mass is 9.85. The average Bonchev–Trinajstić information content (AvgIpc) is 2.30. The number of nitrogens with zero attached hydrogens (tertiary/aromatic N) is 1. The molecule has 0 amide bonds. The Kier molecular flexibility index (Phi) is 7.32. The molecule has 1 unspecified atom stereocenters. The van der Waals surface area contributed by atoms with Crippen LogP contribution in [0, 0.1) is 18.3 Å². The fourth-order valence-corrected chi connectivity index (χ4v) is 2.94. The van der Waals surface area contributed by atoms with Gasteiger partial charge in [-0.1, -0.05) is 44.9 Å². The maximum absolute atomic E-state index is 6.26. The molecule has 0 aromatic rings. The van der Waals surface area contributed by atoms with Gasteiger partial charge in [0.2, 0.25) is 0 Å². The van der Waals surface area contributed by atoms with Gasteiger partial charge in [0.05, 0.1) is 6.54 Å². The lowest BCUT2D eigenvalue weighted by Gasteiger charge is -2.28. The molecule has 2 nitrogen and oxygen atoms in total. The van der Waals surface area contributed by atoms with Crippen LogP contribution in [0.1, 0.15) is 51.9 Å². The van der Waals surface area contributed by atoms with Gasteiger partial charge in [-0.3, -0.25) is 4.90 Å². The fourth-order valence-electron chi connectivity index (χ4n) is 2.94. The highest BCUT2D eigenvalue weighted by molar-refractivity contribution is 4.89. The summed E-state index contributed by atoms with van der Waals surface area (Å²) in [6, 6.07) is 0.304. The highest BCUT2D eigenvalue weighted by Gasteiger charge is 2.18. The molecule has 2 heteroatoms. The molecule has 17 heavy (non-hydrogen) atoms. The molecular weight excluding hydrogens is 208 g/mol. The van der Waals surface area contributed by atoms with Crippen LogP contribution in [0.5, 0.6) is 0 Å². The third kappa shape index (κ3) is 6.10. The molecule has 0 aromatic carbocycles. The zero-order chi connectivity index (χ0) is 12.5. The van der Waals surface area contributed by atoms with Crippen LogP contribution >= 0.6 is 0 Å². The summed E-state index contributed by atoms with van der Waals surface area (Å²) in [6.07, 6.45) is 14.7. The first-order chi connectivity index (χ1) is 8.26. The molecule has 1 rings (SSSR count). The molecule has 98 valence electrons. The summed E-state index contributed by atoms with van der Waals surface area (Å²) >= 11 is 0. The van der Waals surface area contributed by atoms with E-state index < -0.39 is 0 Å². The molecule has 1 aliphatic carbocycles. The van der Waals surface area contributed by atoms with Gasteiger partial charge in [-0.25, -0.2) is 0 Å². The smallest absolute Gasteiger partial charge is 0.0599 e. The molecule has 1 saturated carbocycles. The standard InChI is InChI=1S/C15H28N2/c1-3-10-17(11-4-2)13-15(16)12-14-8-6-5-7-9-14/h1,14-15H,4-13,16H2,2H3. The van der Waals surface area contributed by atoms with Crippen molar-refractivity contribution in [3.05, 3.63) is 0 Å². The molecule has 0 spiro atoms. The SMILES string of the molecule is C#CCN(CCC)CC(N)CC1CCCCC1. The predicted molar refractivity (Wildman–Crippen MR) is 74.7 cm³/mol. The molecule has 2 N–H and O–H groups in total. The zero-order valence-electron chi connectivity index (χ0n) is 11.3. The van der Waals surface area contributed by atoms with E-state index in [2.05, 4.69) is 17.7 Å². The van der Waals surface area contributed by atoms with E-state index in [1.54, 1.807) is 0 Å². The Hall–Kier alpha value is -0.520. The first-order valence-electron chi connectivity index (χ1n) is 7.17. The van der Waals surface area contributed by atoms with Crippen LogP contribution in [0.3, 0.4) is 0 Å². The zero-order valence-corrected chi connectivity index (χ0v) is 11.3. The first-order valence-corrected chi connectivity index (χ1v) is 7.17. The van der Waals surface area contributed by atoms with E-state index in [9.17, 15) is 0 Å². The highest BCUT2D eigenvalue weighted by Crippen LogP contribution is 2.27. The second-order valence-corrected chi connectivity index (χ2v) is 5.44. The summed E-state index contributed by atoms with van der Waals surface area (Å²) in [5.74, 6) is 3.60. The Labute approximate surface area is 107 Å². The van der Waals surface area contributed by atoms with Crippen LogP contribution < -0.4 is 5.73 Å². The number of terminal acetylenes is 1. The molecule has 0 bridgehead atoms. The van der Waals surface area contributed by atoms with Gasteiger partial charge in [0.15, 0.2) is 0 Å². The molecule has 0 heterocycles. The number of nitrogens with two attached hydrogens (primary N) is 1. The monoisotopic (exact) mass is 236 g/mol. The summed E-state index contributed by atoms with van der Waals surface area (Å²) < 4.78 is 0. The van der Waals surface area contributed by atoms with Gasteiger partial charge in [-0.2, -0.15) is 0 Å². The summed E-state index contributed by atoms with van der Waals surface area (Å²) in [7, 11) is 0. The number of hydrogen-bond donors (Lipinski definition) is 1. The van der Waals surface area contributed by atoms with Crippen molar-refractivity contribution in [3.8, 4) is 12.3 Å². The quantitative estimate of drug-likeness (QED) is 0.689. The van der Waals surface area contributed by atoms with Gasteiger partial charge in [-0.05, 0) is 25.3 Å². The molecule has 1 aliphatic rings. The average molecular weight is 236 g/mol. The second kappa shape index (κ2) is 8.55. The van der Waals surface area contributed by atoms with Crippen molar-refractivity contribution in [3.63, 3.8) is 0 Å². The van der Waals surface area contributed by atoms with Crippen molar-refractivity contribution < 1.29 is 0 Å². The Morgan fingerprint density at radius 3 is 2.65 bits per heavy atom. The van der Waals surface area contributed by atoms with Gasteiger partial charge < -0.3 is 5.73 Å². The molecule has 0 aliphatic heterocycles. The minimum atomic E-state index is 0.304. The van der Waals surface area contributed by atoms with Crippen LogP contribution in [-0.4, -0.2) is 30.6 Å². The summed E-state index contributed by atoms with van der Waals surface area (Å²) in [5.41, 5.74) is 6.26. The van der Waals surface area contributed by atoms with Crippen LogP contribution in [-0.2, 0) is 0 Å². The fraction of sp³-hybridized carbons (Fsp3) is 0.867. The van der Waals surface area contributed by atoms with E-state index in [1.165, 1.54) is 38.5 Å². The summed E-state index contributed by atoms with van der Waals surface area (Å²) in [5, 5.41) is 0. The maximum atomic E-state index is 6.26. The van der Waals surface area contributed by atoms with E-state index in [-0.39, 0.29) is 0 Å². The lowest BCUT2D eigenvalue weighted by Crippen LogP contribution is -2.39. The largest absolute Gasteiger partial charge is 0.327 e. The summed E-state index contributed by atoms with van der Waals surface area (Å²) in [4.78, 5) is 2.31. The Bertz CT molecular complexity index is 226. The Morgan fingerprint density at radius 1 is 1.35 bits per heavy atom. The lowest BCUT2D eigenvalue weighted by molar-refractivity contribution is 0.249. The van der Waals surface area contributed by atoms with Crippen molar-refractivity contribution in [1.82, 2.24) is 4.90 Å². The molecular formula is C15H28N2. The molecule has 1 fully saturated rings. The summed E-state index contributed by atoms with van der Waals surface area (Å²) in [6.45, 7) is 4.97. The van der Waals surface area contributed by atoms with E-state index in [0.717, 1.165) is 32.0 Å². The normalized spacial score (nSPS) is 19.2. The molecule has 0 aromatic heterocycles. The Balaban J connectivity index is 2.25. The van der Waals surface area contributed by atoms with Crippen molar-refractivity contribution in [2.24, 2.45) is 11.7 Å². The van der Waals surface area contributed by atoms with Gasteiger partial charge in [0.1, 0.15) is 0 Å². The van der Waals surface area contributed by atoms with E-state index in [4.69, 9.17) is 12.2 Å². The van der Waals surface area contributed by atoms with E-state index in [0.29, 0.717) is 6.04 Å². The van der Waals surface area contributed by atoms with Crippen molar-refractivity contribution >= 4 is 0 Å². The third-order valence-electron chi connectivity index (χ3n) is 3.71. The van der Waals surface area contributed by atoms with Crippen LogP contribution in [0.2, 0.25) is 0 Å². The Morgan fingerprint density at radius 2 is 2.06 bits per heavy atom. The molecule has 0 saturated heterocycles. The van der Waals surface area contributed by atoms with Crippen LogP contribution in [0.25, 0.3) is 0 Å². The topological polar surface area (TPSA) is 29.3 Å². The van der Waals surface area contributed by atoms with Crippen LogP contribution in [0.15, 0.2) is 0 Å². The van der Waals surface area contributed by atoms with Gasteiger partial charge >= 0.3 is 0 Å². The number of rotatable bonds is 7. The minimum Gasteiger partial charge on any atom is -0.327 e. The number of hydrogen-bond acceptors (Lipinski definition) is 2. The first kappa shape index (κ1) is 14.5. The van der Waals surface area contributed by atoms with Crippen LogP contribution in [0.4, 0.5) is 0 Å². The molecule has 1 atom stereocenters. The predicted octanol–water partition coefficient (Wildman–Crippen LogP) is 2.63. The molecule has 0 radical (unpaired) electrons. The van der Waals surface area contributed by atoms with Crippen molar-refractivity contribution in [1.29, 1.82) is 0 Å². The van der Waals surface area contributed by atoms with Gasteiger partial charge in [0, 0.05) is 12.6 Å². The highest BCUT2D eigenvalue weighted by atomic mass is 15.1. The van der Waals surface area contributed by atoms with E-state index >= 15 is 0 Å². The maximum Gasteiger partial charge on any atom is 0.0599 e. The van der Waals surface area contributed by atoms with Gasteiger partial charge in [-0.15, -0.1) is 6.42 Å². The van der Waals surface area contributed by atoms with E-state index in [1.807, 2.05) is 0 Å². The minimum absolute atomic E-state index is 0.304. The van der Waals surface area contributed by atoms with Crippen molar-refractivity contribution in [2.45, 2.75) is 57.9 Å². The van der Waals surface area contributed by atoms with Crippen molar-refractivity contribution in [2.75, 3.05) is 19.6 Å². The third-order valence-corrected chi connectivity index (χ3v) is 3.71.